The average Bonchev–Trinajstić information content (AvgIpc) is 3.46. The maximum Gasteiger partial charge on any atom is 0.243 e. The van der Waals surface area contributed by atoms with Crippen LogP contribution in [0.25, 0.3) is 22.5 Å². The Balaban J connectivity index is 1.58. The number of H-pyrrole nitrogens is 1. The lowest BCUT2D eigenvalue weighted by molar-refractivity contribution is -0.174. The van der Waals surface area contributed by atoms with Gasteiger partial charge >= 0.3 is 0 Å². The topological polar surface area (TPSA) is 102 Å². The molecule has 10 heteroatoms. The average molecular weight is 501 g/mol. The van der Waals surface area contributed by atoms with Crippen LogP contribution >= 0.6 is 0 Å². The molecule has 1 aromatic heterocycles. The molecule has 0 spiro atoms. The van der Waals surface area contributed by atoms with Gasteiger partial charge in [0.1, 0.15) is 6.54 Å². The lowest BCUT2D eigenvalue weighted by Crippen LogP contribution is -2.53. The van der Waals surface area contributed by atoms with Gasteiger partial charge in [-0.2, -0.15) is 10.3 Å². The lowest BCUT2D eigenvalue weighted by atomic mass is 9.98. The number of carbonyl (C=O) groups excluding carboxylic acids is 2. The molecule has 1 aliphatic heterocycles. The normalized spacial score (nSPS) is 12.6. The Hall–Kier alpha value is -4.47. The minimum Gasteiger partial charge on any atom is -0.347 e. The summed E-state index contributed by atoms with van der Waals surface area (Å²) in [6.45, 7) is 2.55. The first-order valence-corrected chi connectivity index (χ1v) is 12.3. The van der Waals surface area contributed by atoms with Gasteiger partial charge in [-0.25, -0.2) is 5.01 Å². The van der Waals surface area contributed by atoms with Crippen molar-refractivity contribution in [1.82, 2.24) is 40.7 Å². The largest absolute Gasteiger partial charge is 0.347 e. The molecule has 0 saturated carbocycles. The van der Waals surface area contributed by atoms with Crippen molar-refractivity contribution in [3.63, 3.8) is 0 Å². The van der Waals surface area contributed by atoms with E-state index in [1.807, 2.05) is 66.9 Å². The summed E-state index contributed by atoms with van der Waals surface area (Å²) in [7, 11) is 3.44. The molecule has 1 N–H and O–H groups in total. The highest BCUT2D eigenvalue weighted by Crippen LogP contribution is 2.30. The van der Waals surface area contributed by atoms with Crippen molar-refractivity contribution in [1.29, 1.82) is 0 Å². The SMILES string of the molecule is CCCCC(=O)N(Cc1ccc(-c2ccccc2-c2nn[nH]n2)cc1)N1C=CC=CN1CC(=O)N(C)C. The molecule has 4 rings (SSSR count). The van der Waals surface area contributed by atoms with Crippen molar-refractivity contribution >= 4 is 11.8 Å². The van der Waals surface area contributed by atoms with Crippen LogP contribution in [0.15, 0.2) is 73.1 Å². The molecule has 0 fully saturated rings. The van der Waals surface area contributed by atoms with Crippen LogP contribution in [0.2, 0.25) is 0 Å². The van der Waals surface area contributed by atoms with Crippen LogP contribution in [-0.2, 0) is 16.1 Å². The van der Waals surface area contributed by atoms with Crippen LogP contribution in [0.3, 0.4) is 0 Å². The number of aromatic amines is 1. The number of likely N-dealkylation sites (N-methyl/N-ethyl adjacent to an activating group) is 1. The summed E-state index contributed by atoms with van der Waals surface area (Å²) in [6.07, 6.45) is 9.47. The van der Waals surface area contributed by atoms with Crippen molar-refractivity contribution < 1.29 is 9.59 Å². The van der Waals surface area contributed by atoms with Crippen LogP contribution in [0, 0.1) is 0 Å². The van der Waals surface area contributed by atoms with Crippen molar-refractivity contribution in [2.75, 3.05) is 20.6 Å². The molecule has 2 amide bonds. The van der Waals surface area contributed by atoms with Gasteiger partial charge < -0.3 is 4.90 Å². The number of aromatic nitrogens is 4. The second kappa shape index (κ2) is 12.0. The van der Waals surface area contributed by atoms with E-state index in [0.29, 0.717) is 18.8 Å². The second-order valence-corrected chi connectivity index (χ2v) is 8.92. The third kappa shape index (κ3) is 6.21. The molecule has 2 aromatic carbocycles. The number of benzene rings is 2. The Morgan fingerprint density at radius 3 is 2.35 bits per heavy atom. The van der Waals surface area contributed by atoms with E-state index in [-0.39, 0.29) is 18.4 Å². The number of hydrazine groups is 2. The van der Waals surface area contributed by atoms with Crippen molar-refractivity contribution in [3.05, 3.63) is 78.6 Å². The quantitative estimate of drug-likeness (QED) is 0.454. The molecular weight excluding hydrogens is 468 g/mol. The minimum absolute atomic E-state index is 0.00405. The van der Waals surface area contributed by atoms with Gasteiger partial charge in [0.15, 0.2) is 0 Å². The molecule has 0 unspecified atom stereocenters. The van der Waals surface area contributed by atoms with Crippen LogP contribution in [0.1, 0.15) is 31.7 Å². The Bertz CT molecular complexity index is 1250. The highest BCUT2D eigenvalue weighted by Gasteiger charge is 2.26. The fourth-order valence-corrected chi connectivity index (χ4v) is 3.95. The number of hydrogen-bond donors (Lipinski definition) is 1. The first-order valence-electron chi connectivity index (χ1n) is 12.3. The summed E-state index contributed by atoms with van der Waals surface area (Å²) >= 11 is 0. The number of nitrogens with zero attached hydrogens (tertiary/aromatic N) is 7. The maximum atomic E-state index is 13.3. The van der Waals surface area contributed by atoms with E-state index in [0.717, 1.165) is 35.1 Å². The van der Waals surface area contributed by atoms with Gasteiger partial charge in [-0.15, -0.1) is 10.2 Å². The smallest absolute Gasteiger partial charge is 0.243 e. The highest BCUT2D eigenvalue weighted by molar-refractivity contribution is 5.80. The first-order chi connectivity index (χ1) is 18.0. The Morgan fingerprint density at radius 1 is 0.946 bits per heavy atom. The van der Waals surface area contributed by atoms with E-state index in [4.69, 9.17) is 0 Å². The van der Waals surface area contributed by atoms with Crippen molar-refractivity contribution in [3.8, 4) is 22.5 Å². The zero-order valence-corrected chi connectivity index (χ0v) is 21.4. The molecule has 192 valence electrons. The van der Waals surface area contributed by atoms with E-state index in [2.05, 4.69) is 27.5 Å². The number of tetrazole rings is 1. The van der Waals surface area contributed by atoms with Gasteiger partial charge in [-0.05, 0) is 40.5 Å². The molecular formula is C27H32N8O2. The van der Waals surface area contributed by atoms with Crippen LogP contribution in [-0.4, -0.2) is 73.1 Å². The van der Waals surface area contributed by atoms with E-state index in [9.17, 15) is 9.59 Å². The predicted molar refractivity (Wildman–Crippen MR) is 141 cm³/mol. The van der Waals surface area contributed by atoms with Gasteiger partial charge in [0.05, 0.1) is 6.54 Å². The molecule has 0 bridgehead atoms. The molecule has 3 aromatic rings. The van der Waals surface area contributed by atoms with Crippen LogP contribution in [0.5, 0.6) is 0 Å². The minimum atomic E-state index is -0.0597. The standard InChI is InChI=1S/C27H32N8O2/c1-4-5-12-25(36)34(35-18-9-8-17-33(35)20-26(37)32(2)3)19-21-13-15-22(16-14-21)23-10-6-7-11-24(23)27-28-30-31-29-27/h6-11,13-18H,4-5,12,19-20H2,1-3H3,(H,28,29,30,31). The Kier molecular flexibility index (Phi) is 8.29. The maximum absolute atomic E-state index is 13.3. The van der Waals surface area contributed by atoms with Crippen LogP contribution < -0.4 is 0 Å². The molecule has 0 radical (unpaired) electrons. The van der Waals surface area contributed by atoms with Gasteiger partial charge in [0.2, 0.25) is 17.6 Å². The zero-order chi connectivity index (χ0) is 26.2. The number of nitrogens with one attached hydrogen (secondary N) is 1. The summed E-state index contributed by atoms with van der Waals surface area (Å²) in [5, 5.41) is 19.6. The molecule has 0 aliphatic carbocycles. The molecule has 0 atom stereocenters. The summed E-state index contributed by atoms with van der Waals surface area (Å²) in [6, 6.07) is 16.0. The monoisotopic (exact) mass is 500 g/mol. The van der Waals surface area contributed by atoms with E-state index in [1.54, 1.807) is 40.3 Å². The summed E-state index contributed by atoms with van der Waals surface area (Å²) in [5.41, 5.74) is 3.84. The fraction of sp³-hybridized carbons (Fsp3) is 0.296. The highest BCUT2D eigenvalue weighted by atomic mass is 16.2. The van der Waals surface area contributed by atoms with Crippen molar-refractivity contribution in [2.24, 2.45) is 0 Å². The van der Waals surface area contributed by atoms with Gasteiger partial charge in [0.25, 0.3) is 0 Å². The first kappa shape index (κ1) is 25.6. The Labute approximate surface area is 216 Å². The zero-order valence-electron chi connectivity index (χ0n) is 21.4. The molecule has 0 saturated heterocycles. The predicted octanol–water partition coefficient (Wildman–Crippen LogP) is 3.62. The van der Waals surface area contributed by atoms with E-state index >= 15 is 0 Å². The number of allylic oxidation sites excluding steroid dienone is 2. The number of rotatable bonds is 10. The molecule has 2 heterocycles. The lowest BCUT2D eigenvalue weighted by Gasteiger charge is -2.42. The Morgan fingerprint density at radius 2 is 1.68 bits per heavy atom. The summed E-state index contributed by atoms with van der Waals surface area (Å²) in [5.74, 6) is 0.468. The molecule has 37 heavy (non-hydrogen) atoms. The summed E-state index contributed by atoms with van der Waals surface area (Å²) < 4.78 is 0. The third-order valence-corrected chi connectivity index (χ3v) is 6.04. The van der Waals surface area contributed by atoms with E-state index in [1.165, 1.54) is 0 Å². The number of hydrogen-bond acceptors (Lipinski definition) is 7. The third-order valence-electron chi connectivity index (χ3n) is 6.04. The molecule has 1 aliphatic rings. The number of carbonyl (C=O) groups is 2. The second-order valence-electron chi connectivity index (χ2n) is 8.92. The van der Waals surface area contributed by atoms with Gasteiger partial charge in [-0.3, -0.25) is 14.6 Å². The van der Waals surface area contributed by atoms with Gasteiger partial charge in [-0.1, -0.05) is 61.9 Å². The summed E-state index contributed by atoms with van der Waals surface area (Å²) in [4.78, 5) is 27.3. The fourth-order valence-electron chi connectivity index (χ4n) is 3.95. The van der Waals surface area contributed by atoms with Gasteiger partial charge in [0, 0.05) is 38.5 Å². The molecule has 10 nitrogen and oxygen atoms in total. The number of amides is 2. The van der Waals surface area contributed by atoms with Crippen LogP contribution in [0.4, 0.5) is 0 Å². The van der Waals surface area contributed by atoms with E-state index < -0.39 is 0 Å². The van der Waals surface area contributed by atoms with Crippen molar-refractivity contribution in [2.45, 2.75) is 32.7 Å². The number of unbranched alkanes of at least 4 members (excludes halogenated alkanes) is 1.